The largest absolute Gasteiger partial charge is 0.478 e. The minimum atomic E-state index is -0.981. The lowest BCUT2D eigenvalue weighted by atomic mass is 10.7. The number of carboxylic acids is 1. The molecule has 0 spiro atoms. The lowest BCUT2D eigenvalue weighted by Crippen LogP contribution is -1.82. The minimum absolute atomic E-state index is 0.833. The van der Waals surface area contributed by atoms with Crippen molar-refractivity contribution in [1.82, 2.24) is 0 Å². The van der Waals surface area contributed by atoms with Gasteiger partial charge in [-0.2, -0.15) is 0 Å². The van der Waals surface area contributed by atoms with Crippen LogP contribution in [0.3, 0.4) is 0 Å². The van der Waals surface area contributed by atoms with Crippen LogP contribution >= 0.6 is 0 Å². The van der Waals surface area contributed by atoms with E-state index in [0.717, 1.165) is 6.08 Å². The molecule has 50 valence electrons. The van der Waals surface area contributed by atoms with Gasteiger partial charge in [-0.1, -0.05) is 6.58 Å². The topological polar surface area (TPSA) is 66.7 Å². The van der Waals surface area contributed by atoms with E-state index in [1.165, 1.54) is 13.1 Å². The molecular formula is C5H7NO3. The normalized spacial score (nSPS) is 5.44. The van der Waals surface area contributed by atoms with Crippen LogP contribution in [0.2, 0.25) is 0 Å². The second-order valence-corrected chi connectivity index (χ2v) is 0.857. The van der Waals surface area contributed by atoms with Gasteiger partial charge in [0.1, 0.15) is 0 Å². The van der Waals surface area contributed by atoms with E-state index in [1.54, 1.807) is 0 Å². The fraction of sp³-hybridized carbons (Fsp3) is 0.200. The van der Waals surface area contributed by atoms with Crippen molar-refractivity contribution >= 4 is 12.0 Å². The zero-order valence-corrected chi connectivity index (χ0v) is 5.00. The maximum absolute atomic E-state index is 9.25. The number of isocyanates is 1. The van der Waals surface area contributed by atoms with Crippen LogP contribution in [0, 0.1) is 0 Å². The Balaban J connectivity index is 0. The van der Waals surface area contributed by atoms with Crippen molar-refractivity contribution < 1.29 is 14.7 Å². The van der Waals surface area contributed by atoms with Gasteiger partial charge in [0.2, 0.25) is 6.08 Å². The summed E-state index contributed by atoms with van der Waals surface area (Å²) < 4.78 is 0. The average Bonchev–Trinajstić information content (AvgIpc) is 1.89. The van der Waals surface area contributed by atoms with Crippen molar-refractivity contribution in [2.45, 2.75) is 0 Å². The Kier molecular flexibility index (Phi) is 11.5. The molecule has 0 bridgehead atoms. The number of carbonyl (C=O) groups is 1. The Morgan fingerprint density at radius 2 is 2.11 bits per heavy atom. The van der Waals surface area contributed by atoms with Crippen molar-refractivity contribution in [3.8, 4) is 0 Å². The van der Waals surface area contributed by atoms with Crippen LogP contribution in [0.15, 0.2) is 17.6 Å². The van der Waals surface area contributed by atoms with Crippen molar-refractivity contribution in [1.29, 1.82) is 0 Å². The second-order valence-electron chi connectivity index (χ2n) is 0.857. The van der Waals surface area contributed by atoms with Gasteiger partial charge in [-0.3, -0.25) is 0 Å². The van der Waals surface area contributed by atoms with Crippen molar-refractivity contribution in [3.05, 3.63) is 12.7 Å². The number of aliphatic carboxylic acids is 1. The molecule has 0 rings (SSSR count). The molecule has 0 aliphatic rings. The lowest BCUT2D eigenvalue weighted by molar-refractivity contribution is -0.131. The highest BCUT2D eigenvalue weighted by Crippen LogP contribution is 1.54. The first-order valence-corrected chi connectivity index (χ1v) is 2.00. The van der Waals surface area contributed by atoms with E-state index in [2.05, 4.69) is 11.6 Å². The first-order chi connectivity index (χ1) is 4.18. The third-order valence-corrected chi connectivity index (χ3v) is 0.266. The highest BCUT2D eigenvalue weighted by atomic mass is 16.4. The number of aliphatic imine (C=N–C) groups is 1. The summed E-state index contributed by atoms with van der Waals surface area (Å²) in [5.74, 6) is -0.981. The van der Waals surface area contributed by atoms with Crippen LogP contribution in [0.5, 0.6) is 0 Å². The fourth-order valence-electron chi connectivity index (χ4n) is 0. The molecule has 1 N–H and O–H groups in total. The molecule has 9 heavy (non-hydrogen) atoms. The third kappa shape index (κ3) is 54.9. The van der Waals surface area contributed by atoms with Gasteiger partial charge in [-0.25, -0.2) is 14.6 Å². The van der Waals surface area contributed by atoms with E-state index in [9.17, 15) is 4.79 Å². The smallest absolute Gasteiger partial charge is 0.327 e. The SMILES string of the molecule is C=CC(=O)O.CN=C=O. The highest BCUT2D eigenvalue weighted by molar-refractivity contribution is 5.78. The minimum Gasteiger partial charge on any atom is -0.478 e. The number of carbonyl (C=O) groups excluding carboxylic acids is 1. The van der Waals surface area contributed by atoms with E-state index >= 15 is 0 Å². The van der Waals surface area contributed by atoms with Crippen molar-refractivity contribution in [2.75, 3.05) is 7.05 Å². The molecule has 0 radical (unpaired) electrons. The molecule has 0 atom stereocenters. The van der Waals surface area contributed by atoms with E-state index in [-0.39, 0.29) is 0 Å². The molecule has 0 saturated carbocycles. The Morgan fingerprint density at radius 1 is 1.89 bits per heavy atom. The van der Waals surface area contributed by atoms with Gasteiger partial charge in [0, 0.05) is 13.1 Å². The van der Waals surface area contributed by atoms with Crippen LogP contribution in [-0.4, -0.2) is 24.2 Å². The van der Waals surface area contributed by atoms with E-state index in [0.29, 0.717) is 0 Å². The quantitative estimate of drug-likeness (QED) is 0.312. The Labute approximate surface area is 52.5 Å². The molecule has 0 unspecified atom stereocenters. The molecule has 0 amide bonds. The number of hydrogen-bond donors (Lipinski definition) is 1. The molecule has 0 aromatic carbocycles. The summed E-state index contributed by atoms with van der Waals surface area (Å²) in [6, 6.07) is 0. The highest BCUT2D eigenvalue weighted by Gasteiger charge is 1.73. The molecule has 0 aromatic rings. The molecule has 0 aliphatic heterocycles. The number of nitrogens with zero attached hydrogens (tertiary/aromatic N) is 1. The monoisotopic (exact) mass is 129 g/mol. The lowest BCUT2D eigenvalue weighted by Gasteiger charge is -1.64. The maximum atomic E-state index is 9.25. The van der Waals surface area contributed by atoms with Crippen LogP contribution in [0.25, 0.3) is 0 Å². The van der Waals surface area contributed by atoms with Crippen LogP contribution in [-0.2, 0) is 9.59 Å². The molecule has 4 heteroatoms. The summed E-state index contributed by atoms with van der Waals surface area (Å²) in [6.07, 6.45) is 2.14. The predicted molar refractivity (Wildman–Crippen MR) is 31.9 cm³/mol. The van der Waals surface area contributed by atoms with Gasteiger partial charge in [0.15, 0.2) is 0 Å². The van der Waals surface area contributed by atoms with Crippen LogP contribution in [0.4, 0.5) is 0 Å². The molecule has 0 heterocycles. The second kappa shape index (κ2) is 9.77. The van der Waals surface area contributed by atoms with Crippen LogP contribution < -0.4 is 0 Å². The summed E-state index contributed by atoms with van der Waals surface area (Å²) >= 11 is 0. The summed E-state index contributed by atoms with van der Waals surface area (Å²) in [5, 5.41) is 7.60. The molecule has 0 saturated heterocycles. The van der Waals surface area contributed by atoms with Gasteiger partial charge in [-0.15, -0.1) is 0 Å². The van der Waals surface area contributed by atoms with Gasteiger partial charge in [0.25, 0.3) is 0 Å². The van der Waals surface area contributed by atoms with Gasteiger partial charge in [-0.05, 0) is 0 Å². The third-order valence-electron chi connectivity index (χ3n) is 0.266. The number of rotatable bonds is 1. The molecule has 0 aromatic heterocycles. The zero-order chi connectivity index (χ0) is 7.70. The molecule has 4 nitrogen and oxygen atoms in total. The molecular weight excluding hydrogens is 122 g/mol. The van der Waals surface area contributed by atoms with Crippen molar-refractivity contribution in [2.24, 2.45) is 4.99 Å². The van der Waals surface area contributed by atoms with Gasteiger partial charge in [0.05, 0.1) is 0 Å². The summed E-state index contributed by atoms with van der Waals surface area (Å²) in [5.41, 5.74) is 0. The maximum Gasteiger partial charge on any atom is 0.327 e. The van der Waals surface area contributed by atoms with Crippen LogP contribution in [0.1, 0.15) is 0 Å². The summed E-state index contributed by atoms with van der Waals surface area (Å²) in [7, 11) is 1.38. The number of hydrogen-bond acceptors (Lipinski definition) is 3. The average molecular weight is 129 g/mol. The standard InChI is InChI=1S/C3H4O2.C2H3NO/c1-2-3(4)5;1-3-2-4/h2H,1H2,(H,4,5);1H3. The van der Waals surface area contributed by atoms with Crippen molar-refractivity contribution in [3.63, 3.8) is 0 Å². The first-order valence-electron chi connectivity index (χ1n) is 2.00. The number of carboxylic acid groups (broad SMARTS) is 1. The predicted octanol–water partition coefficient (Wildman–Crippen LogP) is 0.209. The van der Waals surface area contributed by atoms with E-state index in [1.807, 2.05) is 0 Å². The van der Waals surface area contributed by atoms with Gasteiger partial charge < -0.3 is 5.11 Å². The Morgan fingerprint density at radius 3 is 2.11 bits per heavy atom. The zero-order valence-electron chi connectivity index (χ0n) is 5.00. The summed E-state index contributed by atoms with van der Waals surface area (Å²) in [4.78, 5) is 21.1. The fourth-order valence-corrected chi connectivity index (χ4v) is 0. The Hall–Kier alpha value is -1.41. The van der Waals surface area contributed by atoms with Gasteiger partial charge >= 0.3 is 5.97 Å². The Bertz CT molecular complexity index is 135. The molecule has 0 aliphatic carbocycles. The van der Waals surface area contributed by atoms with E-state index < -0.39 is 5.97 Å². The first kappa shape index (κ1) is 10.5. The summed E-state index contributed by atoms with van der Waals surface area (Å²) in [6.45, 7) is 2.96. The van der Waals surface area contributed by atoms with E-state index in [4.69, 9.17) is 9.90 Å². The molecule has 0 fully saturated rings.